The van der Waals surface area contributed by atoms with Crippen LogP contribution in [0.3, 0.4) is 0 Å². The van der Waals surface area contributed by atoms with Gasteiger partial charge in [0.25, 0.3) is 0 Å². The molecule has 0 N–H and O–H groups in total. The SMILES string of the molecule is CN1CCC[C@@]2(CCN(C(=O)CN3C(=O)CCc4ccccc43)C2)C1=O. The van der Waals surface area contributed by atoms with Crippen LogP contribution in [0, 0.1) is 5.41 Å². The topological polar surface area (TPSA) is 60.9 Å². The summed E-state index contributed by atoms with van der Waals surface area (Å²) >= 11 is 0. The molecule has 26 heavy (non-hydrogen) atoms. The number of fused-ring (bicyclic) bond motifs is 1. The molecule has 0 bridgehead atoms. The molecule has 0 aromatic heterocycles. The number of hydrogen-bond acceptors (Lipinski definition) is 3. The smallest absolute Gasteiger partial charge is 0.242 e. The Bertz CT molecular complexity index is 762. The van der Waals surface area contributed by atoms with Crippen molar-refractivity contribution in [2.75, 3.05) is 38.1 Å². The third-order valence-corrected chi connectivity index (χ3v) is 6.14. The van der Waals surface area contributed by atoms with E-state index in [4.69, 9.17) is 0 Å². The first-order chi connectivity index (χ1) is 12.5. The normalized spacial score (nSPS) is 25.8. The van der Waals surface area contributed by atoms with Crippen LogP contribution in [0.15, 0.2) is 24.3 Å². The van der Waals surface area contributed by atoms with Crippen LogP contribution >= 0.6 is 0 Å². The van der Waals surface area contributed by atoms with Crippen molar-refractivity contribution in [2.24, 2.45) is 5.41 Å². The first kappa shape index (κ1) is 17.1. The summed E-state index contributed by atoms with van der Waals surface area (Å²) in [6.07, 6.45) is 3.74. The molecule has 3 amide bonds. The molecular weight excluding hydrogens is 330 g/mol. The molecule has 0 saturated carbocycles. The third kappa shape index (κ3) is 2.77. The predicted molar refractivity (Wildman–Crippen MR) is 97.6 cm³/mol. The second-order valence-corrected chi connectivity index (χ2v) is 7.78. The largest absolute Gasteiger partial charge is 0.345 e. The molecule has 138 valence electrons. The second kappa shape index (κ2) is 6.41. The molecule has 2 fully saturated rings. The lowest BCUT2D eigenvalue weighted by Crippen LogP contribution is -2.49. The van der Waals surface area contributed by atoms with Crippen molar-refractivity contribution in [1.29, 1.82) is 0 Å². The van der Waals surface area contributed by atoms with Gasteiger partial charge in [0.2, 0.25) is 17.7 Å². The van der Waals surface area contributed by atoms with Crippen LogP contribution in [0.25, 0.3) is 0 Å². The first-order valence-corrected chi connectivity index (χ1v) is 9.42. The number of carbonyl (C=O) groups is 3. The summed E-state index contributed by atoms with van der Waals surface area (Å²) in [5.41, 5.74) is 1.55. The van der Waals surface area contributed by atoms with Gasteiger partial charge in [-0.25, -0.2) is 0 Å². The van der Waals surface area contributed by atoms with E-state index in [0.29, 0.717) is 19.5 Å². The van der Waals surface area contributed by atoms with Crippen LogP contribution in [0.4, 0.5) is 5.69 Å². The molecule has 6 nitrogen and oxygen atoms in total. The van der Waals surface area contributed by atoms with Gasteiger partial charge in [-0.15, -0.1) is 0 Å². The van der Waals surface area contributed by atoms with Crippen LogP contribution in [-0.4, -0.2) is 60.7 Å². The monoisotopic (exact) mass is 355 g/mol. The fourth-order valence-electron chi connectivity index (χ4n) is 4.64. The van der Waals surface area contributed by atoms with E-state index in [1.54, 1.807) is 14.7 Å². The lowest BCUT2D eigenvalue weighted by Gasteiger charge is -2.37. The highest BCUT2D eigenvalue weighted by atomic mass is 16.2. The molecule has 0 aliphatic carbocycles. The molecule has 3 aliphatic heterocycles. The number of carbonyl (C=O) groups excluding carboxylic acids is 3. The minimum Gasteiger partial charge on any atom is -0.345 e. The molecule has 1 atom stereocenters. The van der Waals surface area contributed by atoms with Crippen molar-refractivity contribution in [3.05, 3.63) is 29.8 Å². The molecule has 0 radical (unpaired) electrons. The van der Waals surface area contributed by atoms with Gasteiger partial charge in [0.1, 0.15) is 6.54 Å². The van der Waals surface area contributed by atoms with E-state index in [1.807, 2.05) is 31.3 Å². The van der Waals surface area contributed by atoms with Gasteiger partial charge in [0.05, 0.1) is 5.41 Å². The number of likely N-dealkylation sites (tertiary alicyclic amines) is 2. The molecule has 0 unspecified atom stereocenters. The molecule has 4 rings (SSSR count). The lowest BCUT2D eigenvalue weighted by molar-refractivity contribution is -0.144. The third-order valence-electron chi connectivity index (χ3n) is 6.14. The maximum absolute atomic E-state index is 12.9. The summed E-state index contributed by atoms with van der Waals surface area (Å²) in [7, 11) is 1.84. The van der Waals surface area contributed by atoms with Crippen molar-refractivity contribution in [1.82, 2.24) is 9.80 Å². The summed E-state index contributed by atoms with van der Waals surface area (Å²) in [5, 5.41) is 0. The van der Waals surface area contributed by atoms with Gasteiger partial charge in [-0.3, -0.25) is 14.4 Å². The highest BCUT2D eigenvalue weighted by molar-refractivity contribution is 6.01. The number of piperidine rings is 1. The Morgan fingerprint density at radius 2 is 1.92 bits per heavy atom. The van der Waals surface area contributed by atoms with Gasteiger partial charge in [-0.1, -0.05) is 18.2 Å². The maximum atomic E-state index is 12.9. The molecule has 3 aliphatic rings. The van der Waals surface area contributed by atoms with Crippen molar-refractivity contribution in [3.63, 3.8) is 0 Å². The van der Waals surface area contributed by atoms with Crippen LogP contribution in [0.2, 0.25) is 0 Å². The standard InChI is InChI=1S/C20H25N3O3/c1-21-11-4-9-20(19(21)26)10-12-22(14-20)18(25)13-23-16-6-3-2-5-15(16)7-8-17(23)24/h2-3,5-6H,4,7-14H2,1H3/t20-/m0/s1. The number of anilines is 1. The number of rotatable bonds is 2. The minimum absolute atomic E-state index is 0.000522. The predicted octanol–water partition coefficient (Wildman–Crippen LogP) is 1.44. The van der Waals surface area contributed by atoms with E-state index in [0.717, 1.165) is 43.5 Å². The number of para-hydroxylation sites is 1. The zero-order valence-electron chi connectivity index (χ0n) is 15.2. The van der Waals surface area contributed by atoms with Gasteiger partial charge in [0.15, 0.2) is 0 Å². The van der Waals surface area contributed by atoms with E-state index in [2.05, 4.69) is 0 Å². The number of aryl methyl sites for hydroxylation is 1. The fraction of sp³-hybridized carbons (Fsp3) is 0.550. The zero-order valence-corrected chi connectivity index (χ0v) is 15.2. The van der Waals surface area contributed by atoms with E-state index < -0.39 is 5.41 Å². The average molecular weight is 355 g/mol. The van der Waals surface area contributed by atoms with Gasteiger partial charge in [-0.2, -0.15) is 0 Å². The maximum Gasteiger partial charge on any atom is 0.242 e. The number of amides is 3. The Hall–Kier alpha value is -2.37. The Labute approximate surface area is 153 Å². The van der Waals surface area contributed by atoms with Gasteiger partial charge in [0, 0.05) is 38.8 Å². The second-order valence-electron chi connectivity index (χ2n) is 7.78. The fourth-order valence-corrected chi connectivity index (χ4v) is 4.64. The Morgan fingerprint density at radius 1 is 1.12 bits per heavy atom. The van der Waals surface area contributed by atoms with Crippen LogP contribution in [-0.2, 0) is 20.8 Å². The molecule has 1 aromatic carbocycles. The van der Waals surface area contributed by atoms with Crippen LogP contribution in [0.5, 0.6) is 0 Å². The molecule has 6 heteroatoms. The van der Waals surface area contributed by atoms with E-state index in [9.17, 15) is 14.4 Å². The average Bonchev–Trinajstić information content (AvgIpc) is 3.07. The summed E-state index contributed by atoms with van der Waals surface area (Å²) < 4.78 is 0. The number of nitrogens with zero attached hydrogens (tertiary/aromatic N) is 3. The molecule has 1 spiro atoms. The molecule has 1 aromatic rings. The molecule has 2 saturated heterocycles. The van der Waals surface area contributed by atoms with Crippen molar-refractivity contribution < 1.29 is 14.4 Å². The first-order valence-electron chi connectivity index (χ1n) is 9.42. The summed E-state index contributed by atoms with van der Waals surface area (Å²) in [5.74, 6) is 0.103. The van der Waals surface area contributed by atoms with Crippen molar-refractivity contribution in [2.45, 2.75) is 32.1 Å². The Kier molecular flexibility index (Phi) is 4.21. The lowest BCUT2D eigenvalue weighted by atomic mass is 9.78. The van der Waals surface area contributed by atoms with E-state index in [1.165, 1.54) is 0 Å². The number of benzene rings is 1. The van der Waals surface area contributed by atoms with Gasteiger partial charge < -0.3 is 14.7 Å². The quantitative estimate of drug-likeness (QED) is 0.806. The Balaban J connectivity index is 1.48. The van der Waals surface area contributed by atoms with Crippen molar-refractivity contribution in [3.8, 4) is 0 Å². The van der Waals surface area contributed by atoms with Crippen molar-refractivity contribution >= 4 is 23.4 Å². The van der Waals surface area contributed by atoms with Crippen LogP contribution < -0.4 is 4.90 Å². The van der Waals surface area contributed by atoms with E-state index >= 15 is 0 Å². The van der Waals surface area contributed by atoms with Gasteiger partial charge >= 0.3 is 0 Å². The number of hydrogen-bond donors (Lipinski definition) is 0. The zero-order chi connectivity index (χ0) is 18.3. The molecule has 3 heterocycles. The summed E-state index contributed by atoms with van der Waals surface area (Å²) in [6, 6.07) is 7.78. The van der Waals surface area contributed by atoms with Crippen LogP contribution in [0.1, 0.15) is 31.2 Å². The van der Waals surface area contributed by atoms with E-state index in [-0.39, 0.29) is 24.3 Å². The minimum atomic E-state index is -0.410. The summed E-state index contributed by atoms with van der Waals surface area (Å²) in [6.45, 7) is 1.95. The molecular formula is C20H25N3O3. The summed E-state index contributed by atoms with van der Waals surface area (Å²) in [4.78, 5) is 43.1. The highest BCUT2D eigenvalue weighted by Gasteiger charge is 2.48. The van der Waals surface area contributed by atoms with Gasteiger partial charge in [-0.05, 0) is 37.3 Å². The highest BCUT2D eigenvalue weighted by Crippen LogP contribution is 2.39. The Morgan fingerprint density at radius 3 is 2.77 bits per heavy atom.